The van der Waals surface area contributed by atoms with E-state index in [1.165, 1.54) is 12.5 Å². The van der Waals surface area contributed by atoms with E-state index in [0.29, 0.717) is 5.69 Å². The van der Waals surface area contributed by atoms with Crippen LogP contribution in [-0.2, 0) is 36.8 Å². The highest BCUT2D eigenvalue weighted by atomic mass is 16.6. The molecule has 0 aliphatic heterocycles. The lowest BCUT2D eigenvalue weighted by atomic mass is 9.94. The van der Waals surface area contributed by atoms with Gasteiger partial charge in [-0.1, -0.05) is 44.2 Å². The molecule has 0 aliphatic rings. The molecular formula is C32H48N6O9. The molecule has 0 saturated heterocycles. The van der Waals surface area contributed by atoms with E-state index < -0.39 is 65.7 Å². The maximum absolute atomic E-state index is 13.7. The highest BCUT2D eigenvalue weighted by molar-refractivity contribution is 5.92. The van der Waals surface area contributed by atoms with Gasteiger partial charge in [0.05, 0.1) is 12.4 Å². The normalized spacial score (nSPS) is 14.6. The van der Waals surface area contributed by atoms with Gasteiger partial charge in [0.1, 0.15) is 23.8 Å². The molecule has 1 aromatic heterocycles. The second kappa shape index (κ2) is 18.6. The number of aliphatic carboxylic acids is 1. The van der Waals surface area contributed by atoms with Gasteiger partial charge >= 0.3 is 12.1 Å². The van der Waals surface area contributed by atoms with Crippen molar-refractivity contribution >= 4 is 29.8 Å². The number of aromatic nitrogens is 2. The molecule has 0 saturated carbocycles. The van der Waals surface area contributed by atoms with Crippen LogP contribution >= 0.6 is 0 Å². The Bertz CT molecular complexity index is 1300. The van der Waals surface area contributed by atoms with Crippen LogP contribution in [0.5, 0.6) is 0 Å². The number of aliphatic hydroxyl groups is 2. The van der Waals surface area contributed by atoms with Crippen LogP contribution in [0.3, 0.4) is 0 Å². The quantitative estimate of drug-likeness (QED) is 0.105. The number of hydrogen-bond donors (Lipinski definition) is 8. The van der Waals surface area contributed by atoms with Gasteiger partial charge < -0.3 is 46.3 Å². The lowest BCUT2D eigenvalue weighted by Gasteiger charge is -2.30. The van der Waals surface area contributed by atoms with E-state index in [4.69, 9.17) is 9.84 Å². The van der Waals surface area contributed by atoms with Crippen LogP contribution in [0.25, 0.3) is 0 Å². The summed E-state index contributed by atoms with van der Waals surface area (Å²) in [6, 6.07) is 5.50. The first kappa shape index (κ1) is 38.7. The van der Waals surface area contributed by atoms with Crippen LogP contribution in [0, 0.1) is 5.92 Å². The van der Waals surface area contributed by atoms with E-state index in [1.807, 2.05) is 19.9 Å². The van der Waals surface area contributed by atoms with Crippen LogP contribution in [-0.4, -0.2) is 97.6 Å². The van der Waals surface area contributed by atoms with Gasteiger partial charge in [-0.3, -0.25) is 19.2 Å². The topological polar surface area (TPSA) is 232 Å². The number of aromatic amines is 1. The summed E-state index contributed by atoms with van der Waals surface area (Å²) in [6.07, 6.45) is -1.45. The SMILES string of the molecule is CC(C)C[C@H](NC(=O)[C@H](Cc1cnc[nH]1)NC(=O)[C@H](Cc1ccccc1)NC(=O)OC(C)(C)C)[C@@H](O)[C@H](O)C(=O)NCCCC(=O)O. The van der Waals surface area contributed by atoms with Gasteiger partial charge in [-0.05, 0) is 45.1 Å². The van der Waals surface area contributed by atoms with Crippen LogP contribution in [0.1, 0.15) is 65.1 Å². The molecule has 4 amide bonds. The second-order valence-corrected chi connectivity index (χ2v) is 12.7. The molecule has 1 aromatic carbocycles. The maximum atomic E-state index is 13.7. The molecule has 5 atom stereocenters. The zero-order valence-corrected chi connectivity index (χ0v) is 27.5. The summed E-state index contributed by atoms with van der Waals surface area (Å²) >= 11 is 0. The van der Waals surface area contributed by atoms with Crippen molar-refractivity contribution in [1.82, 2.24) is 31.2 Å². The average molecular weight is 661 g/mol. The molecule has 0 aliphatic carbocycles. The number of carboxylic acid groups (broad SMARTS) is 1. The van der Waals surface area contributed by atoms with Crippen LogP contribution in [0.15, 0.2) is 42.9 Å². The van der Waals surface area contributed by atoms with Gasteiger partial charge in [0, 0.05) is 37.7 Å². The zero-order chi connectivity index (χ0) is 35.1. The molecule has 0 radical (unpaired) electrons. The smallest absolute Gasteiger partial charge is 0.408 e. The standard InChI is InChI=1S/C32H48N6O9/c1-19(2)14-22(26(41)27(42)30(45)34-13-9-12-25(39)40)36-29(44)24(16-21-17-33-18-35-21)37-28(43)23(15-20-10-7-6-8-11-20)38-31(46)47-32(3,4)5/h6-8,10-11,17-19,22-24,26-27,41-42H,9,12-16H2,1-5H3,(H,33,35)(H,34,45)(H,36,44)(H,37,43)(H,38,46)(H,39,40)/t22-,23-,24-,26+,27-/m0/s1. The highest BCUT2D eigenvalue weighted by Crippen LogP contribution is 2.14. The van der Waals surface area contributed by atoms with Gasteiger partial charge in [-0.25, -0.2) is 9.78 Å². The number of nitrogens with zero attached hydrogens (tertiary/aromatic N) is 1. The van der Waals surface area contributed by atoms with E-state index in [2.05, 4.69) is 31.2 Å². The number of amides is 4. The first-order valence-corrected chi connectivity index (χ1v) is 15.5. The second-order valence-electron chi connectivity index (χ2n) is 12.7. The first-order chi connectivity index (χ1) is 22.1. The number of aliphatic hydroxyl groups excluding tert-OH is 2. The van der Waals surface area contributed by atoms with Crippen molar-refractivity contribution in [3.63, 3.8) is 0 Å². The summed E-state index contributed by atoms with van der Waals surface area (Å²) in [5, 5.41) is 40.7. The predicted octanol–water partition coefficient (Wildman–Crippen LogP) is 0.807. The van der Waals surface area contributed by atoms with Crippen molar-refractivity contribution in [2.45, 2.75) is 103 Å². The molecule has 15 heteroatoms. The molecule has 0 spiro atoms. The zero-order valence-electron chi connectivity index (χ0n) is 27.5. The summed E-state index contributed by atoms with van der Waals surface area (Å²) in [5.74, 6) is -3.45. The van der Waals surface area contributed by atoms with Crippen LogP contribution in [0.4, 0.5) is 4.79 Å². The molecule has 1 heterocycles. The van der Waals surface area contributed by atoms with Crippen LogP contribution < -0.4 is 21.3 Å². The molecule has 15 nitrogen and oxygen atoms in total. The summed E-state index contributed by atoms with van der Waals surface area (Å²) in [4.78, 5) is 70.2. The van der Waals surface area contributed by atoms with Crippen molar-refractivity contribution < 1.29 is 44.0 Å². The number of benzene rings is 1. The van der Waals surface area contributed by atoms with Gasteiger partial charge in [0.2, 0.25) is 11.8 Å². The van der Waals surface area contributed by atoms with E-state index in [9.17, 15) is 34.2 Å². The molecule has 260 valence electrons. The predicted molar refractivity (Wildman–Crippen MR) is 171 cm³/mol. The minimum absolute atomic E-state index is 0.0319. The monoisotopic (exact) mass is 660 g/mol. The molecule has 0 fully saturated rings. The lowest BCUT2D eigenvalue weighted by molar-refractivity contribution is -0.139. The molecule has 2 aromatic rings. The van der Waals surface area contributed by atoms with Crippen molar-refractivity contribution in [1.29, 1.82) is 0 Å². The minimum Gasteiger partial charge on any atom is -0.481 e. The van der Waals surface area contributed by atoms with Gasteiger partial charge in [-0.15, -0.1) is 0 Å². The fourth-order valence-corrected chi connectivity index (χ4v) is 4.61. The highest BCUT2D eigenvalue weighted by Gasteiger charge is 2.35. The fourth-order valence-electron chi connectivity index (χ4n) is 4.61. The Kier molecular flexibility index (Phi) is 15.3. The number of carboxylic acids is 1. The van der Waals surface area contributed by atoms with Crippen molar-refractivity contribution in [2.24, 2.45) is 5.92 Å². The number of imidazole rings is 1. The third-order valence-corrected chi connectivity index (χ3v) is 6.83. The van der Waals surface area contributed by atoms with Gasteiger partial charge in [0.25, 0.3) is 5.91 Å². The number of ether oxygens (including phenoxy) is 1. The number of rotatable bonds is 18. The molecule has 8 N–H and O–H groups in total. The van der Waals surface area contributed by atoms with Crippen molar-refractivity contribution in [3.05, 3.63) is 54.1 Å². The molecule has 0 bridgehead atoms. The number of alkyl carbamates (subject to hydrolysis) is 1. The third kappa shape index (κ3) is 14.6. The lowest BCUT2D eigenvalue weighted by Crippen LogP contribution is -2.59. The molecule has 0 unspecified atom stereocenters. The molecular weight excluding hydrogens is 612 g/mol. The van der Waals surface area contributed by atoms with Crippen molar-refractivity contribution in [3.8, 4) is 0 Å². The maximum Gasteiger partial charge on any atom is 0.408 e. The van der Waals surface area contributed by atoms with Crippen molar-refractivity contribution in [2.75, 3.05) is 6.54 Å². The van der Waals surface area contributed by atoms with Gasteiger partial charge in [0.15, 0.2) is 6.10 Å². The Hall–Kier alpha value is -4.50. The Labute approximate surface area is 274 Å². The Balaban J connectivity index is 2.27. The van der Waals surface area contributed by atoms with E-state index in [1.54, 1.807) is 45.0 Å². The summed E-state index contributed by atoms with van der Waals surface area (Å²) in [7, 11) is 0. The minimum atomic E-state index is -1.93. The van der Waals surface area contributed by atoms with E-state index in [-0.39, 0.29) is 44.6 Å². The first-order valence-electron chi connectivity index (χ1n) is 15.5. The summed E-state index contributed by atoms with van der Waals surface area (Å²) in [6.45, 7) is 8.67. The van der Waals surface area contributed by atoms with Crippen LogP contribution in [0.2, 0.25) is 0 Å². The largest absolute Gasteiger partial charge is 0.481 e. The fraction of sp³-hybridized carbons (Fsp3) is 0.562. The average Bonchev–Trinajstić information content (AvgIpc) is 3.49. The number of nitrogens with one attached hydrogen (secondary N) is 5. The third-order valence-electron chi connectivity index (χ3n) is 6.83. The summed E-state index contributed by atoms with van der Waals surface area (Å²) < 4.78 is 5.36. The molecule has 2 rings (SSSR count). The van der Waals surface area contributed by atoms with Gasteiger partial charge in [-0.2, -0.15) is 0 Å². The number of hydrogen-bond acceptors (Lipinski definition) is 9. The van der Waals surface area contributed by atoms with E-state index >= 15 is 0 Å². The van der Waals surface area contributed by atoms with E-state index in [0.717, 1.165) is 5.56 Å². The number of carbonyl (C=O) groups excluding carboxylic acids is 4. The molecule has 47 heavy (non-hydrogen) atoms. The summed E-state index contributed by atoms with van der Waals surface area (Å²) in [5.41, 5.74) is 0.424. The number of H-pyrrole nitrogens is 1. The number of carbonyl (C=O) groups is 5. The Morgan fingerprint density at radius 3 is 2.13 bits per heavy atom. The Morgan fingerprint density at radius 2 is 1.55 bits per heavy atom. The Morgan fingerprint density at radius 1 is 0.915 bits per heavy atom.